The molecule has 0 aromatic carbocycles. The lowest BCUT2D eigenvalue weighted by Crippen LogP contribution is -2.39. The van der Waals surface area contributed by atoms with Crippen LogP contribution < -0.4 is 5.32 Å². The molecule has 0 saturated heterocycles. The first-order valence-corrected chi connectivity index (χ1v) is 15.1. The van der Waals surface area contributed by atoms with Gasteiger partial charge in [-0.2, -0.15) is 0 Å². The minimum Gasteiger partial charge on any atom is -0.481 e. The van der Waals surface area contributed by atoms with Gasteiger partial charge in [0.25, 0.3) is 0 Å². The zero-order chi connectivity index (χ0) is 27.5. The van der Waals surface area contributed by atoms with Crippen molar-refractivity contribution in [1.29, 1.82) is 0 Å². The zero-order valence-electron chi connectivity index (χ0n) is 24.7. The number of nitrogens with one attached hydrogen (secondary N) is 1. The summed E-state index contributed by atoms with van der Waals surface area (Å²) >= 11 is 0. The van der Waals surface area contributed by atoms with Gasteiger partial charge in [0.05, 0.1) is 0 Å². The van der Waals surface area contributed by atoms with Crippen LogP contribution in [-0.4, -0.2) is 29.3 Å². The van der Waals surface area contributed by atoms with Crippen LogP contribution in [0.3, 0.4) is 0 Å². The topological polar surface area (TPSA) is 83.5 Å². The number of hydrogen-bond donors (Lipinski definition) is 2. The maximum absolute atomic E-state index is 13.2. The molecule has 5 nitrogen and oxygen atoms in total. The summed E-state index contributed by atoms with van der Waals surface area (Å²) in [5.74, 6) is -0.346. The molecule has 0 saturated carbocycles. The SMILES string of the molecule is CCCCCCC(C)(C)C(CCCCC(=O)O)C(=O)NCCCCCC(=O)C(C)(CCC)CCCC. The molecular weight excluding hydrogens is 450 g/mol. The van der Waals surface area contributed by atoms with Gasteiger partial charge in [0.1, 0.15) is 5.78 Å². The van der Waals surface area contributed by atoms with Crippen LogP contribution in [0.4, 0.5) is 0 Å². The third kappa shape index (κ3) is 15.0. The second kappa shape index (κ2) is 19.7. The number of carbonyl (C=O) groups excluding carboxylic acids is 2. The molecule has 0 heterocycles. The van der Waals surface area contributed by atoms with Crippen molar-refractivity contribution in [3.8, 4) is 0 Å². The molecule has 0 rings (SSSR count). The Balaban J connectivity index is 4.66. The van der Waals surface area contributed by atoms with Crippen LogP contribution in [-0.2, 0) is 14.4 Å². The van der Waals surface area contributed by atoms with Gasteiger partial charge in [-0.1, -0.05) is 99.3 Å². The fourth-order valence-electron chi connectivity index (χ4n) is 5.43. The normalized spacial score (nSPS) is 14.3. The maximum Gasteiger partial charge on any atom is 0.303 e. The number of hydrogen-bond acceptors (Lipinski definition) is 3. The summed E-state index contributed by atoms with van der Waals surface area (Å²) in [5, 5.41) is 12.1. The lowest BCUT2D eigenvalue weighted by molar-refractivity contribution is -0.137. The summed E-state index contributed by atoms with van der Waals surface area (Å²) in [5.41, 5.74) is -0.273. The zero-order valence-corrected chi connectivity index (χ0v) is 24.7. The van der Waals surface area contributed by atoms with E-state index >= 15 is 0 Å². The van der Waals surface area contributed by atoms with Crippen LogP contribution in [0.5, 0.6) is 0 Å². The van der Waals surface area contributed by atoms with Gasteiger partial charge >= 0.3 is 5.97 Å². The van der Waals surface area contributed by atoms with Crippen molar-refractivity contribution in [2.24, 2.45) is 16.7 Å². The van der Waals surface area contributed by atoms with Gasteiger partial charge in [0.15, 0.2) is 0 Å². The molecule has 0 bridgehead atoms. The van der Waals surface area contributed by atoms with Crippen LogP contribution in [0.25, 0.3) is 0 Å². The number of aliphatic carboxylic acids is 1. The van der Waals surface area contributed by atoms with Gasteiger partial charge in [-0.25, -0.2) is 0 Å². The highest BCUT2D eigenvalue weighted by Gasteiger charge is 2.34. The molecule has 0 aliphatic heterocycles. The Morgan fingerprint density at radius 1 is 0.694 bits per heavy atom. The van der Waals surface area contributed by atoms with Crippen molar-refractivity contribution in [2.75, 3.05) is 6.54 Å². The third-order valence-electron chi connectivity index (χ3n) is 8.00. The van der Waals surface area contributed by atoms with Gasteiger partial charge in [-0.05, 0) is 50.4 Å². The van der Waals surface area contributed by atoms with Crippen molar-refractivity contribution < 1.29 is 19.5 Å². The number of ketones is 1. The van der Waals surface area contributed by atoms with E-state index in [4.69, 9.17) is 5.11 Å². The van der Waals surface area contributed by atoms with E-state index in [1.165, 1.54) is 19.3 Å². The van der Waals surface area contributed by atoms with E-state index < -0.39 is 5.97 Å². The molecule has 0 aliphatic rings. The Hall–Kier alpha value is -1.39. The Morgan fingerprint density at radius 2 is 1.33 bits per heavy atom. The minimum absolute atomic E-state index is 0.0946. The van der Waals surface area contributed by atoms with Crippen LogP contribution in [0.2, 0.25) is 0 Å². The van der Waals surface area contributed by atoms with Gasteiger partial charge in [0.2, 0.25) is 5.91 Å². The van der Waals surface area contributed by atoms with Crippen molar-refractivity contribution >= 4 is 17.7 Å². The van der Waals surface area contributed by atoms with E-state index in [0.29, 0.717) is 25.2 Å². The van der Waals surface area contributed by atoms with E-state index in [-0.39, 0.29) is 29.1 Å². The molecule has 2 N–H and O–H groups in total. The highest BCUT2D eigenvalue weighted by Crippen LogP contribution is 2.37. The molecule has 2 unspecified atom stereocenters. The number of amides is 1. The Bertz CT molecular complexity index is 616. The first-order chi connectivity index (χ1) is 17.0. The van der Waals surface area contributed by atoms with E-state index in [2.05, 4.69) is 46.9 Å². The fourth-order valence-corrected chi connectivity index (χ4v) is 5.43. The van der Waals surface area contributed by atoms with Crippen LogP contribution >= 0.6 is 0 Å². The summed E-state index contributed by atoms with van der Waals surface area (Å²) in [6, 6.07) is 0. The Labute approximate surface area is 223 Å². The quantitative estimate of drug-likeness (QED) is 0.128. The van der Waals surface area contributed by atoms with Crippen molar-refractivity contribution in [3.63, 3.8) is 0 Å². The standard InChI is InChI=1S/C31H59NO4/c1-7-10-12-17-23-30(4,5)26(19-15-16-21-28(34)35)29(36)32-25-18-13-14-20-27(33)31(6,22-9-3)24-11-8-2/h26H,7-25H2,1-6H3,(H,32,36)(H,34,35). The predicted molar refractivity (Wildman–Crippen MR) is 151 cm³/mol. The Kier molecular flexibility index (Phi) is 18.9. The highest BCUT2D eigenvalue weighted by atomic mass is 16.4. The third-order valence-corrected chi connectivity index (χ3v) is 8.00. The van der Waals surface area contributed by atoms with Crippen LogP contribution in [0.1, 0.15) is 157 Å². The summed E-state index contributed by atoms with van der Waals surface area (Å²) in [4.78, 5) is 36.9. The monoisotopic (exact) mass is 509 g/mol. The second-order valence-electron chi connectivity index (χ2n) is 11.9. The smallest absolute Gasteiger partial charge is 0.303 e. The molecule has 0 radical (unpaired) electrons. The lowest BCUT2D eigenvalue weighted by atomic mass is 9.72. The molecule has 0 aliphatic carbocycles. The molecular formula is C31H59NO4. The molecule has 0 aromatic rings. The summed E-state index contributed by atoms with van der Waals surface area (Å²) < 4.78 is 0. The largest absolute Gasteiger partial charge is 0.481 e. The molecule has 0 spiro atoms. The summed E-state index contributed by atoms with van der Waals surface area (Å²) in [6.45, 7) is 13.7. The Morgan fingerprint density at radius 3 is 1.94 bits per heavy atom. The van der Waals surface area contributed by atoms with E-state index in [1.807, 2.05) is 0 Å². The van der Waals surface area contributed by atoms with E-state index in [0.717, 1.165) is 77.0 Å². The predicted octanol–water partition coefficient (Wildman–Crippen LogP) is 8.49. The molecule has 1 amide bonds. The number of Topliss-reactive ketones (excluding diaryl/α,β-unsaturated/α-hetero) is 1. The minimum atomic E-state index is -0.770. The number of carbonyl (C=O) groups is 3. The van der Waals surface area contributed by atoms with Gasteiger partial charge < -0.3 is 10.4 Å². The molecule has 36 heavy (non-hydrogen) atoms. The fraction of sp³-hybridized carbons (Fsp3) is 0.903. The summed E-state index contributed by atoms with van der Waals surface area (Å²) in [6.07, 6.45) is 16.7. The van der Waals surface area contributed by atoms with E-state index in [9.17, 15) is 14.4 Å². The van der Waals surface area contributed by atoms with Crippen molar-refractivity contribution in [1.82, 2.24) is 5.32 Å². The number of carboxylic acids is 1. The lowest BCUT2D eigenvalue weighted by Gasteiger charge is -2.34. The first-order valence-electron chi connectivity index (χ1n) is 15.1. The highest BCUT2D eigenvalue weighted by molar-refractivity contribution is 5.84. The van der Waals surface area contributed by atoms with Gasteiger partial charge in [0, 0.05) is 30.7 Å². The maximum atomic E-state index is 13.2. The molecule has 212 valence electrons. The number of rotatable bonds is 24. The van der Waals surface area contributed by atoms with Crippen molar-refractivity contribution in [3.05, 3.63) is 0 Å². The van der Waals surface area contributed by atoms with Crippen molar-refractivity contribution in [2.45, 2.75) is 157 Å². The number of unbranched alkanes of at least 4 members (excludes halogenated alkanes) is 7. The van der Waals surface area contributed by atoms with Crippen LogP contribution in [0.15, 0.2) is 0 Å². The van der Waals surface area contributed by atoms with Gasteiger partial charge in [-0.3, -0.25) is 14.4 Å². The average molecular weight is 510 g/mol. The molecule has 0 aromatic heterocycles. The molecule has 2 atom stereocenters. The second-order valence-corrected chi connectivity index (χ2v) is 11.9. The van der Waals surface area contributed by atoms with E-state index in [1.54, 1.807) is 0 Å². The van der Waals surface area contributed by atoms with Crippen LogP contribution in [0, 0.1) is 16.7 Å². The molecule has 5 heteroatoms. The number of carboxylic acid groups (broad SMARTS) is 1. The summed E-state index contributed by atoms with van der Waals surface area (Å²) in [7, 11) is 0. The molecule has 0 fully saturated rings. The van der Waals surface area contributed by atoms with Gasteiger partial charge in [-0.15, -0.1) is 0 Å². The average Bonchev–Trinajstić information content (AvgIpc) is 2.82. The first kappa shape index (κ1) is 34.6.